The van der Waals surface area contributed by atoms with Crippen molar-refractivity contribution in [2.45, 2.75) is 57.8 Å². The highest BCUT2D eigenvalue weighted by atomic mass is 127. The van der Waals surface area contributed by atoms with Crippen molar-refractivity contribution in [3.63, 3.8) is 0 Å². The fourth-order valence-corrected chi connectivity index (χ4v) is 4.06. The molecule has 26 heavy (non-hydrogen) atoms. The Balaban J connectivity index is 0.00000338. The third-order valence-electron chi connectivity index (χ3n) is 5.40. The number of carbonyl (C=O) groups is 1. The van der Waals surface area contributed by atoms with Crippen molar-refractivity contribution in [1.82, 2.24) is 15.1 Å². The Kier molecular flexibility index (Phi) is 12.3. The predicted molar refractivity (Wildman–Crippen MR) is 119 cm³/mol. The number of aliphatic imine (C=N–C) groups is 1. The molecule has 2 aliphatic heterocycles. The Morgan fingerprint density at radius 2 is 1.88 bits per heavy atom. The Labute approximate surface area is 176 Å². The maximum absolute atomic E-state index is 11.2. The number of nitrogens with two attached hydrogens (primary N) is 1. The molecule has 2 fully saturated rings. The molecule has 7 heteroatoms. The highest BCUT2D eigenvalue weighted by molar-refractivity contribution is 14.0. The minimum Gasteiger partial charge on any atom is -0.370 e. The van der Waals surface area contributed by atoms with Gasteiger partial charge in [-0.2, -0.15) is 0 Å². The Hall–Kier alpha value is -0.570. The average Bonchev–Trinajstić information content (AvgIpc) is 2.62. The monoisotopic (exact) mass is 479 g/mol. The van der Waals surface area contributed by atoms with Crippen molar-refractivity contribution in [3.8, 4) is 0 Å². The summed E-state index contributed by atoms with van der Waals surface area (Å²) in [6.07, 6.45) is 10.6. The first-order valence-corrected chi connectivity index (χ1v) is 10.2. The van der Waals surface area contributed by atoms with Gasteiger partial charge in [-0.25, -0.2) is 0 Å². The summed E-state index contributed by atoms with van der Waals surface area (Å²) in [6.45, 7) is 6.74. The Bertz CT molecular complexity index is 426. The van der Waals surface area contributed by atoms with Crippen LogP contribution < -0.4 is 11.1 Å². The number of nitrogens with one attached hydrogen (secondary N) is 1. The largest absolute Gasteiger partial charge is 0.370 e. The molecule has 152 valence electrons. The molecule has 2 aliphatic rings. The van der Waals surface area contributed by atoms with E-state index in [4.69, 9.17) is 5.73 Å². The highest BCUT2D eigenvalue weighted by Gasteiger charge is 2.23. The normalized spacial score (nSPS) is 22.0. The number of nitrogens with zero attached hydrogens (tertiary/aromatic N) is 3. The number of guanidine groups is 1. The molecule has 6 nitrogen and oxygen atoms in total. The van der Waals surface area contributed by atoms with Gasteiger partial charge in [-0.1, -0.05) is 12.8 Å². The van der Waals surface area contributed by atoms with Crippen molar-refractivity contribution in [2.75, 3.05) is 46.3 Å². The van der Waals surface area contributed by atoms with Crippen molar-refractivity contribution in [1.29, 1.82) is 0 Å². The van der Waals surface area contributed by atoms with Crippen LogP contribution in [0.3, 0.4) is 0 Å². The molecule has 2 rings (SSSR count). The SMILES string of the molecule is CN=C(NCCCCCN1CCCCC1)N1CCCC(CC(N)=O)C1.I. The molecule has 0 aromatic heterocycles. The third kappa shape index (κ3) is 8.88. The second-order valence-corrected chi connectivity index (χ2v) is 7.56. The molecule has 0 radical (unpaired) electrons. The summed E-state index contributed by atoms with van der Waals surface area (Å²) in [7, 11) is 1.84. The summed E-state index contributed by atoms with van der Waals surface area (Å²) >= 11 is 0. The number of primary amides is 1. The first-order chi connectivity index (χ1) is 12.2. The summed E-state index contributed by atoms with van der Waals surface area (Å²) in [5.41, 5.74) is 5.35. The number of amides is 1. The molecule has 0 spiro atoms. The molecular weight excluding hydrogens is 441 g/mol. The number of rotatable bonds is 8. The third-order valence-corrected chi connectivity index (χ3v) is 5.40. The average molecular weight is 479 g/mol. The van der Waals surface area contributed by atoms with Gasteiger partial charge in [0.1, 0.15) is 0 Å². The minimum atomic E-state index is -0.191. The maximum atomic E-state index is 11.2. The van der Waals surface area contributed by atoms with E-state index in [9.17, 15) is 4.79 Å². The van der Waals surface area contributed by atoms with Crippen LogP contribution in [0.5, 0.6) is 0 Å². The molecule has 0 aliphatic carbocycles. The van der Waals surface area contributed by atoms with Crippen molar-refractivity contribution in [3.05, 3.63) is 0 Å². The zero-order valence-electron chi connectivity index (χ0n) is 16.4. The molecule has 0 aromatic rings. The molecule has 1 atom stereocenters. The lowest BCUT2D eigenvalue weighted by Gasteiger charge is -2.34. The fourth-order valence-electron chi connectivity index (χ4n) is 4.06. The van der Waals surface area contributed by atoms with Gasteiger partial charge in [0.25, 0.3) is 0 Å². The quantitative estimate of drug-likeness (QED) is 0.243. The molecule has 1 amide bonds. The van der Waals surface area contributed by atoms with Gasteiger partial charge < -0.3 is 20.9 Å². The van der Waals surface area contributed by atoms with Crippen LogP contribution in [-0.4, -0.2) is 68.0 Å². The highest BCUT2D eigenvalue weighted by Crippen LogP contribution is 2.19. The second kappa shape index (κ2) is 13.6. The number of likely N-dealkylation sites (tertiary alicyclic amines) is 2. The maximum Gasteiger partial charge on any atom is 0.217 e. The lowest BCUT2D eigenvalue weighted by Crippen LogP contribution is -2.47. The number of unbranched alkanes of at least 4 members (excludes halogenated alkanes) is 2. The van der Waals surface area contributed by atoms with Crippen LogP contribution in [-0.2, 0) is 4.79 Å². The van der Waals surface area contributed by atoms with Gasteiger partial charge in [-0.3, -0.25) is 9.79 Å². The van der Waals surface area contributed by atoms with E-state index in [1.165, 1.54) is 58.2 Å². The number of hydrogen-bond acceptors (Lipinski definition) is 3. The van der Waals surface area contributed by atoms with Gasteiger partial charge >= 0.3 is 0 Å². The summed E-state index contributed by atoms with van der Waals surface area (Å²) < 4.78 is 0. The van der Waals surface area contributed by atoms with Crippen molar-refractivity contribution < 1.29 is 4.79 Å². The van der Waals surface area contributed by atoms with Crippen LogP contribution >= 0.6 is 24.0 Å². The first kappa shape index (κ1) is 23.5. The van der Waals surface area contributed by atoms with E-state index in [0.29, 0.717) is 12.3 Å². The first-order valence-electron chi connectivity index (χ1n) is 10.2. The summed E-state index contributed by atoms with van der Waals surface area (Å²) in [5.74, 6) is 1.16. The van der Waals surface area contributed by atoms with E-state index in [-0.39, 0.29) is 29.9 Å². The molecule has 0 bridgehead atoms. The van der Waals surface area contributed by atoms with Gasteiger partial charge in [-0.05, 0) is 64.1 Å². The van der Waals surface area contributed by atoms with Crippen molar-refractivity contribution in [2.24, 2.45) is 16.6 Å². The second-order valence-electron chi connectivity index (χ2n) is 7.56. The van der Waals surface area contributed by atoms with E-state index >= 15 is 0 Å². The van der Waals surface area contributed by atoms with E-state index in [0.717, 1.165) is 38.4 Å². The summed E-state index contributed by atoms with van der Waals surface area (Å²) in [6, 6.07) is 0. The summed E-state index contributed by atoms with van der Waals surface area (Å²) in [4.78, 5) is 20.5. The van der Waals surface area contributed by atoms with E-state index in [1.807, 2.05) is 7.05 Å². The molecule has 1 unspecified atom stereocenters. The van der Waals surface area contributed by atoms with Gasteiger partial charge in [0.05, 0.1) is 0 Å². The number of halogens is 1. The van der Waals surface area contributed by atoms with Gasteiger partial charge in [0.2, 0.25) is 5.91 Å². The lowest BCUT2D eigenvalue weighted by atomic mass is 9.95. The smallest absolute Gasteiger partial charge is 0.217 e. The van der Waals surface area contributed by atoms with Crippen molar-refractivity contribution >= 4 is 35.8 Å². The topological polar surface area (TPSA) is 74.0 Å². The summed E-state index contributed by atoms with van der Waals surface area (Å²) in [5, 5.41) is 3.50. The van der Waals surface area contributed by atoms with Crippen LogP contribution in [0.1, 0.15) is 57.8 Å². The van der Waals surface area contributed by atoms with Crippen LogP contribution in [0.2, 0.25) is 0 Å². The molecule has 0 aromatic carbocycles. The number of carbonyl (C=O) groups excluding carboxylic acids is 1. The minimum absolute atomic E-state index is 0. The number of hydrogen-bond donors (Lipinski definition) is 2. The molecule has 0 saturated carbocycles. The van der Waals surface area contributed by atoms with Crippen LogP contribution in [0.15, 0.2) is 4.99 Å². The molecular formula is C19H38IN5O. The predicted octanol–water partition coefficient (Wildman–Crippen LogP) is 2.42. The van der Waals surface area contributed by atoms with Crippen LogP contribution in [0.25, 0.3) is 0 Å². The lowest BCUT2D eigenvalue weighted by molar-refractivity contribution is -0.119. The van der Waals surface area contributed by atoms with E-state index < -0.39 is 0 Å². The Morgan fingerprint density at radius 3 is 2.58 bits per heavy atom. The number of piperidine rings is 2. The van der Waals surface area contributed by atoms with E-state index in [2.05, 4.69) is 20.1 Å². The zero-order valence-corrected chi connectivity index (χ0v) is 18.7. The van der Waals surface area contributed by atoms with Gasteiger partial charge in [0.15, 0.2) is 5.96 Å². The Morgan fingerprint density at radius 1 is 1.12 bits per heavy atom. The van der Waals surface area contributed by atoms with E-state index in [1.54, 1.807) is 0 Å². The zero-order chi connectivity index (χ0) is 17.9. The molecule has 3 N–H and O–H groups in total. The van der Waals surface area contributed by atoms with Gasteiger partial charge in [0, 0.05) is 33.1 Å². The molecule has 2 saturated heterocycles. The van der Waals surface area contributed by atoms with Crippen LogP contribution in [0, 0.1) is 5.92 Å². The van der Waals surface area contributed by atoms with Gasteiger partial charge in [-0.15, -0.1) is 24.0 Å². The molecule has 2 heterocycles. The van der Waals surface area contributed by atoms with Crippen LogP contribution in [0.4, 0.5) is 0 Å². The fraction of sp³-hybridized carbons (Fsp3) is 0.895. The standard InChI is InChI=1S/C19H37N5O.HI/c1-21-19(24-14-8-9-17(16-24)15-18(20)25)22-10-4-2-5-11-23-12-6-3-7-13-23;/h17H,2-16H2,1H3,(H2,20,25)(H,21,22);1H.